The fraction of sp³-hybridized carbons (Fsp3) is 0.588. The maximum atomic E-state index is 12.1. The molecule has 1 aromatic rings. The number of hydrogen-bond acceptors (Lipinski definition) is 4. The number of hydrazine groups is 1. The summed E-state index contributed by atoms with van der Waals surface area (Å²) in [6.07, 6.45) is -0.279. The van der Waals surface area contributed by atoms with Crippen molar-refractivity contribution in [3.8, 4) is 0 Å². The molecule has 1 fully saturated rings. The van der Waals surface area contributed by atoms with E-state index in [0.717, 1.165) is 16.8 Å². The van der Waals surface area contributed by atoms with Gasteiger partial charge in [0.05, 0.1) is 24.9 Å². The second-order valence-electron chi connectivity index (χ2n) is 6.00. The van der Waals surface area contributed by atoms with Crippen LogP contribution in [-0.2, 0) is 9.47 Å². The molecule has 122 valence electrons. The van der Waals surface area contributed by atoms with Gasteiger partial charge in [-0.25, -0.2) is 9.80 Å². The molecule has 2 unspecified atom stereocenters. The topological polar surface area (TPSA) is 42.0 Å². The lowest BCUT2D eigenvalue weighted by atomic mass is 10.0. The summed E-state index contributed by atoms with van der Waals surface area (Å²) < 4.78 is 10.5. The molecule has 22 heavy (non-hydrogen) atoms. The number of methoxy groups -OCH3 is 1. The largest absolute Gasteiger partial charge is 0.446 e. The number of nitrogens with zero attached hydrogens (tertiary/aromatic N) is 2. The molecule has 1 heterocycles. The smallest absolute Gasteiger partial charge is 0.428 e. The molecule has 1 amide bonds. The average molecular weight is 306 g/mol. The van der Waals surface area contributed by atoms with Gasteiger partial charge in [0.2, 0.25) is 0 Å². The molecule has 2 atom stereocenters. The predicted molar refractivity (Wildman–Crippen MR) is 87.0 cm³/mol. The first kappa shape index (κ1) is 16.6. The predicted octanol–water partition coefficient (Wildman–Crippen LogP) is 3.15. The number of aryl methyl sites for hydroxylation is 2. The van der Waals surface area contributed by atoms with Gasteiger partial charge in [-0.15, -0.1) is 0 Å². The van der Waals surface area contributed by atoms with Gasteiger partial charge in [-0.2, -0.15) is 0 Å². The van der Waals surface area contributed by atoms with Crippen molar-refractivity contribution in [3.63, 3.8) is 0 Å². The number of amides is 1. The molecule has 5 nitrogen and oxygen atoms in total. The Kier molecular flexibility index (Phi) is 5.29. The summed E-state index contributed by atoms with van der Waals surface area (Å²) in [7, 11) is 1.71. The van der Waals surface area contributed by atoms with Gasteiger partial charge in [-0.05, 0) is 31.9 Å². The molecule has 0 bridgehead atoms. The number of anilines is 1. The van der Waals surface area contributed by atoms with E-state index in [9.17, 15) is 4.79 Å². The van der Waals surface area contributed by atoms with Gasteiger partial charge in [0.15, 0.2) is 0 Å². The Hall–Kier alpha value is -1.75. The van der Waals surface area contributed by atoms with E-state index >= 15 is 0 Å². The molecule has 0 spiro atoms. The molecule has 2 rings (SSSR count). The molecule has 0 radical (unpaired) electrons. The molecule has 0 saturated carbocycles. The van der Waals surface area contributed by atoms with Crippen molar-refractivity contribution in [2.24, 2.45) is 5.92 Å². The SMILES string of the molecule is COCC(C)C(C)N(c1c(C)cccc1C)N1CCOC1=O. The van der Waals surface area contributed by atoms with Crippen molar-refractivity contribution < 1.29 is 14.3 Å². The average Bonchev–Trinajstić information content (AvgIpc) is 2.88. The van der Waals surface area contributed by atoms with Crippen molar-refractivity contribution in [1.29, 1.82) is 0 Å². The maximum absolute atomic E-state index is 12.1. The van der Waals surface area contributed by atoms with Gasteiger partial charge in [-0.3, -0.25) is 5.01 Å². The van der Waals surface area contributed by atoms with Crippen molar-refractivity contribution >= 4 is 11.8 Å². The summed E-state index contributed by atoms with van der Waals surface area (Å²) in [5.74, 6) is 0.275. The van der Waals surface area contributed by atoms with E-state index in [1.54, 1.807) is 12.1 Å². The molecule has 1 aliphatic heterocycles. The van der Waals surface area contributed by atoms with Gasteiger partial charge in [0, 0.05) is 13.0 Å². The molecule has 0 aromatic heterocycles. The Morgan fingerprint density at radius 3 is 2.45 bits per heavy atom. The van der Waals surface area contributed by atoms with Crippen molar-refractivity contribution in [1.82, 2.24) is 5.01 Å². The second kappa shape index (κ2) is 7.01. The number of rotatable bonds is 6. The van der Waals surface area contributed by atoms with Crippen LogP contribution in [0.4, 0.5) is 10.5 Å². The Morgan fingerprint density at radius 1 is 1.32 bits per heavy atom. The molecule has 1 aromatic carbocycles. The lowest BCUT2D eigenvalue weighted by molar-refractivity contribution is 0.126. The minimum absolute atomic E-state index is 0.116. The van der Waals surface area contributed by atoms with E-state index < -0.39 is 0 Å². The van der Waals surface area contributed by atoms with Crippen molar-refractivity contribution in [2.45, 2.75) is 33.7 Å². The number of cyclic esters (lactones) is 1. The van der Waals surface area contributed by atoms with Gasteiger partial charge < -0.3 is 9.47 Å². The van der Waals surface area contributed by atoms with Crippen LogP contribution in [0.15, 0.2) is 18.2 Å². The standard InChI is InChI=1S/C17H26N2O3/c1-12-7-6-8-13(2)16(12)19(15(4)14(3)11-21-5)18-9-10-22-17(18)20/h6-8,14-15H,9-11H2,1-5H3. The number of carbonyl (C=O) groups is 1. The zero-order chi connectivity index (χ0) is 16.3. The number of hydrogen-bond donors (Lipinski definition) is 0. The van der Waals surface area contributed by atoms with Gasteiger partial charge in [-0.1, -0.05) is 25.1 Å². The van der Waals surface area contributed by atoms with Crippen LogP contribution in [0, 0.1) is 19.8 Å². The van der Waals surface area contributed by atoms with Crippen LogP contribution in [-0.4, -0.2) is 44.0 Å². The van der Waals surface area contributed by atoms with Crippen LogP contribution in [0.25, 0.3) is 0 Å². The van der Waals surface area contributed by atoms with Crippen LogP contribution in [0.1, 0.15) is 25.0 Å². The first-order valence-corrected chi connectivity index (χ1v) is 7.76. The van der Waals surface area contributed by atoms with Gasteiger partial charge in [0.1, 0.15) is 6.61 Å². The van der Waals surface area contributed by atoms with Crippen molar-refractivity contribution in [2.75, 3.05) is 31.9 Å². The van der Waals surface area contributed by atoms with Gasteiger partial charge >= 0.3 is 6.09 Å². The molecule has 0 N–H and O–H groups in total. The van der Waals surface area contributed by atoms with Crippen LogP contribution in [0.3, 0.4) is 0 Å². The highest BCUT2D eigenvalue weighted by Crippen LogP contribution is 2.31. The summed E-state index contributed by atoms with van der Waals surface area (Å²) in [6.45, 7) is 10.1. The zero-order valence-corrected chi connectivity index (χ0v) is 14.1. The van der Waals surface area contributed by atoms with Crippen LogP contribution >= 0.6 is 0 Å². The van der Waals surface area contributed by atoms with Crippen LogP contribution in [0.2, 0.25) is 0 Å². The molecule has 1 aliphatic rings. The third kappa shape index (κ3) is 3.19. The van der Waals surface area contributed by atoms with E-state index in [0.29, 0.717) is 19.8 Å². The number of ether oxygens (including phenoxy) is 2. The van der Waals surface area contributed by atoms with Crippen molar-refractivity contribution in [3.05, 3.63) is 29.3 Å². The molecule has 0 aliphatic carbocycles. The monoisotopic (exact) mass is 306 g/mol. The highest BCUT2D eigenvalue weighted by Gasteiger charge is 2.34. The lowest BCUT2D eigenvalue weighted by Crippen LogP contribution is -2.52. The third-order valence-electron chi connectivity index (χ3n) is 4.31. The molecular formula is C17H26N2O3. The Labute approximate surface area is 132 Å². The fourth-order valence-corrected chi connectivity index (χ4v) is 2.94. The second-order valence-corrected chi connectivity index (χ2v) is 6.00. The van der Waals surface area contributed by atoms with E-state index in [4.69, 9.17) is 9.47 Å². The van der Waals surface area contributed by atoms with Crippen LogP contribution in [0.5, 0.6) is 0 Å². The summed E-state index contributed by atoms with van der Waals surface area (Å²) in [5, 5.41) is 3.80. The molecule has 5 heteroatoms. The Morgan fingerprint density at radius 2 is 1.95 bits per heavy atom. The minimum Gasteiger partial charge on any atom is -0.446 e. The van der Waals surface area contributed by atoms with E-state index in [1.165, 1.54) is 0 Å². The number of para-hydroxylation sites is 1. The van der Waals surface area contributed by atoms with Crippen LogP contribution < -0.4 is 5.01 Å². The Bertz CT molecular complexity index is 512. The summed E-state index contributed by atoms with van der Waals surface area (Å²) in [5.41, 5.74) is 3.38. The summed E-state index contributed by atoms with van der Waals surface area (Å²) >= 11 is 0. The number of benzene rings is 1. The molecule has 1 saturated heterocycles. The minimum atomic E-state index is -0.279. The quantitative estimate of drug-likeness (QED) is 0.809. The zero-order valence-electron chi connectivity index (χ0n) is 14.1. The maximum Gasteiger partial charge on any atom is 0.428 e. The third-order valence-corrected chi connectivity index (χ3v) is 4.31. The molecular weight excluding hydrogens is 280 g/mol. The first-order valence-electron chi connectivity index (χ1n) is 7.76. The fourth-order valence-electron chi connectivity index (χ4n) is 2.94. The lowest BCUT2D eigenvalue weighted by Gasteiger charge is -2.41. The highest BCUT2D eigenvalue weighted by molar-refractivity contribution is 5.74. The highest BCUT2D eigenvalue weighted by atomic mass is 16.6. The van der Waals surface area contributed by atoms with E-state index in [2.05, 4.69) is 44.8 Å². The summed E-state index contributed by atoms with van der Waals surface area (Å²) in [4.78, 5) is 12.1. The van der Waals surface area contributed by atoms with E-state index in [-0.39, 0.29) is 18.1 Å². The van der Waals surface area contributed by atoms with E-state index in [1.807, 2.05) is 6.07 Å². The first-order chi connectivity index (χ1) is 10.5. The van der Waals surface area contributed by atoms with Gasteiger partial charge in [0.25, 0.3) is 0 Å². The summed E-state index contributed by atoms with van der Waals surface area (Å²) in [6, 6.07) is 6.30. The normalized spacial score (nSPS) is 17.3. The Balaban J connectivity index is 2.43. The number of carbonyl (C=O) groups excluding carboxylic acids is 1.